The van der Waals surface area contributed by atoms with E-state index in [2.05, 4.69) is 17.2 Å². The van der Waals surface area contributed by atoms with Gasteiger partial charge in [-0.3, -0.25) is 4.79 Å². The predicted molar refractivity (Wildman–Crippen MR) is 121 cm³/mol. The van der Waals surface area contributed by atoms with Crippen molar-refractivity contribution in [2.75, 3.05) is 26.5 Å². The van der Waals surface area contributed by atoms with Crippen molar-refractivity contribution in [3.63, 3.8) is 0 Å². The summed E-state index contributed by atoms with van der Waals surface area (Å²) in [7, 11) is 0.690. The number of nitrogens with one attached hydrogen (secondary N) is 1. The van der Waals surface area contributed by atoms with E-state index in [-0.39, 0.29) is 16.5 Å². The number of hydrogen-bond donors (Lipinski definition) is 1. The number of benzene rings is 3. The summed E-state index contributed by atoms with van der Waals surface area (Å²) in [5.41, 5.74) is 2.36. The van der Waals surface area contributed by atoms with Gasteiger partial charge in [0.2, 0.25) is 10.0 Å². The molecule has 0 aliphatic rings. The van der Waals surface area contributed by atoms with Crippen LogP contribution in [0.5, 0.6) is 5.75 Å². The van der Waals surface area contributed by atoms with Gasteiger partial charge in [-0.25, -0.2) is 12.7 Å². The highest BCUT2D eigenvalue weighted by Crippen LogP contribution is 2.29. The lowest BCUT2D eigenvalue weighted by Gasteiger charge is -2.15. The van der Waals surface area contributed by atoms with Crippen LogP contribution < -0.4 is 10.1 Å². The summed E-state index contributed by atoms with van der Waals surface area (Å²) in [5, 5.41) is 2.72. The number of amides is 1. The van der Waals surface area contributed by atoms with Crippen LogP contribution in [-0.2, 0) is 10.0 Å². The van der Waals surface area contributed by atoms with Crippen LogP contribution in [0.15, 0.2) is 77.7 Å². The molecule has 3 aromatic rings. The normalized spacial score (nSPS) is 10.8. The molecule has 3 rings (SSSR count). The van der Waals surface area contributed by atoms with Crippen molar-refractivity contribution in [2.45, 2.75) is 4.90 Å². The number of ether oxygens (including phenoxy) is 1. The van der Waals surface area contributed by atoms with Crippen molar-refractivity contribution >= 4 is 21.6 Å². The van der Waals surface area contributed by atoms with Crippen molar-refractivity contribution in [3.05, 3.63) is 89.5 Å². The first kappa shape index (κ1) is 22.1. The largest absolute Gasteiger partial charge is 0.495 e. The van der Waals surface area contributed by atoms with Crippen LogP contribution in [0, 0.1) is 11.8 Å². The quantitative estimate of drug-likeness (QED) is 0.623. The molecular formula is C24H22N2O4S. The Labute approximate surface area is 182 Å². The first-order valence-electron chi connectivity index (χ1n) is 9.40. The highest BCUT2D eigenvalue weighted by molar-refractivity contribution is 7.89. The fraction of sp³-hybridized carbons (Fsp3) is 0.125. The Morgan fingerprint density at radius 2 is 1.52 bits per heavy atom. The van der Waals surface area contributed by atoms with Gasteiger partial charge in [0.25, 0.3) is 5.91 Å². The van der Waals surface area contributed by atoms with Crippen LogP contribution in [0.3, 0.4) is 0 Å². The van der Waals surface area contributed by atoms with E-state index in [1.165, 1.54) is 39.4 Å². The lowest BCUT2D eigenvalue weighted by molar-refractivity contribution is 0.102. The minimum atomic E-state index is -3.65. The van der Waals surface area contributed by atoms with Gasteiger partial charge in [-0.15, -0.1) is 0 Å². The Kier molecular flexibility index (Phi) is 6.75. The van der Waals surface area contributed by atoms with E-state index < -0.39 is 10.0 Å². The lowest BCUT2D eigenvalue weighted by atomic mass is 10.1. The SMILES string of the molecule is COc1ccc(S(=O)(=O)N(C)C)cc1NC(=O)c1ccc(C#Cc2ccccc2)cc1. The molecule has 7 heteroatoms. The summed E-state index contributed by atoms with van der Waals surface area (Å²) >= 11 is 0. The molecule has 6 nitrogen and oxygen atoms in total. The van der Waals surface area contributed by atoms with Crippen LogP contribution in [0.4, 0.5) is 5.69 Å². The van der Waals surface area contributed by atoms with Crippen molar-refractivity contribution in [1.82, 2.24) is 4.31 Å². The van der Waals surface area contributed by atoms with Gasteiger partial charge in [0, 0.05) is 30.8 Å². The Morgan fingerprint density at radius 1 is 0.903 bits per heavy atom. The number of carbonyl (C=O) groups excluding carboxylic acids is 1. The third kappa shape index (κ3) is 5.31. The van der Waals surface area contributed by atoms with Gasteiger partial charge in [0.1, 0.15) is 5.75 Å². The molecule has 0 saturated heterocycles. The molecule has 31 heavy (non-hydrogen) atoms. The van der Waals surface area contributed by atoms with E-state index in [9.17, 15) is 13.2 Å². The van der Waals surface area contributed by atoms with Crippen LogP contribution in [0.25, 0.3) is 0 Å². The van der Waals surface area contributed by atoms with Gasteiger partial charge in [-0.1, -0.05) is 30.0 Å². The van der Waals surface area contributed by atoms with Gasteiger partial charge >= 0.3 is 0 Å². The number of anilines is 1. The second-order valence-electron chi connectivity index (χ2n) is 6.80. The van der Waals surface area contributed by atoms with E-state index >= 15 is 0 Å². The Bertz CT molecular complexity index is 1240. The minimum absolute atomic E-state index is 0.0557. The molecular weight excluding hydrogens is 412 g/mol. The molecule has 0 saturated carbocycles. The third-order valence-corrected chi connectivity index (χ3v) is 6.28. The maximum atomic E-state index is 12.7. The Hall–Kier alpha value is -3.60. The van der Waals surface area contributed by atoms with Crippen LogP contribution in [0.1, 0.15) is 21.5 Å². The molecule has 0 aromatic heterocycles. The fourth-order valence-corrected chi connectivity index (χ4v) is 3.65. The van der Waals surface area contributed by atoms with Gasteiger partial charge < -0.3 is 10.1 Å². The number of rotatable bonds is 5. The Balaban J connectivity index is 1.81. The van der Waals surface area contributed by atoms with Crippen molar-refractivity contribution in [1.29, 1.82) is 0 Å². The number of hydrogen-bond acceptors (Lipinski definition) is 4. The van der Waals surface area contributed by atoms with Crippen LogP contribution >= 0.6 is 0 Å². The minimum Gasteiger partial charge on any atom is -0.495 e. The molecule has 1 amide bonds. The smallest absolute Gasteiger partial charge is 0.255 e. The first-order valence-corrected chi connectivity index (χ1v) is 10.8. The average molecular weight is 435 g/mol. The summed E-state index contributed by atoms with van der Waals surface area (Å²) in [6.07, 6.45) is 0. The first-order chi connectivity index (χ1) is 14.8. The number of methoxy groups -OCH3 is 1. The molecule has 0 bridgehead atoms. The standard InChI is InChI=1S/C24H22N2O4S/c1-26(2)31(28,29)21-15-16-23(30-3)22(17-21)25-24(27)20-13-11-19(12-14-20)10-9-18-7-5-4-6-8-18/h4-8,11-17H,1-3H3,(H,25,27). The highest BCUT2D eigenvalue weighted by atomic mass is 32.2. The zero-order valence-electron chi connectivity index (χ0n) is 17.4. The maximum absolute atomic E-state index is 12.7. The second-order valence-corrected chi connectivity index (χ2v) is 8.95. The summed E-state index contributed by atoms with van der Waals surface area (Å²) in [6, 6.07) is 20.8. The summed E-state index contributed by atoms with van der Waals surface area (Å²) in [5.74, 6) is 6.09. The highest BCUT2D eigenvalue weighted by Gasteiger charge is 2.20. The maximum Gasteiger partial charge on any atom is 0.255 e. The van der Waals surface area contributed by atoms with E-state index in [0.717, 1.165) is 15.4 Å². The van der Waals surface area contributed by atoms with Gasteiger partial charge in [0.15, 0.2) is 0 Å². The lowest BCUT2D eigenvalue weighted by Crippen LogP contribution is -2.22. The zero-order valence-corrected chi connectivity index (χ0v) is 18.2. The zero-order chi connectivity index (χ0) is 22.4. The van der Waals surface area contributed by atoms with Gasteiger partial charge in [-0.2, -0.15) is 0 Å². The molecule has 0 aliphatic heterocycles. The third-order valence-electron chi connectivity index (χ3n) is 4.47. The molecule has 3 aromatic carbocycles. The predicted octanol–water partition coefficient (Wildman–Crippen LogP) is 3.60. The average Bonchev–Trinajstić information content (AvgIpc) is 2.78. The molecule has 0 fully saturated rings. The number of sulfonamides is 1. The second kappa shape index (κ2) is 9.47. The van der Waals surface area contributed by atoms with E-state index in [1.807, 2.05) is 30.3 Å². The molecule has 0 heterocycles. The molecule has 0 spiro atoms. The van der Waals surface area contributed by atoms with Gasteiger partial charge in [0.05, 0.1) is 17.7 Å². The van der Waals surface area contributed by atoms with E-state index in [1.54, 1.807) is 24.3 Å². The fourth-order valence-electron chi connectivity index (χ4n) is 2.72. The molecule has 0 aliphatic carbocycles. The summed E-state index contributed by atoms with van der Waals surface area (Å²) < 4.78 is 31.2. The molecule has 0 unspecified atom stereocenters. The van der Waals surface area contributed by atoms with Crippen LogP contribution in [-0.4, -0.2) is 39.8 Å². The number of nitrogens with zero attached hydrogens (tertiary/aromatic N) is 1. The molecule has 1 N–H and O–H groups in total. The van der Waals surface area contributed by atoms with Crippen molar-refractivity contribution < 1.29 is 17.9 Å². The van der Waals surface area contributed by atoms with E-state index in [0.29, 0.717) is 11.3 Å². The van der Waals surface area contributed by atoms with Crippen molar-refractivity contribution in [3.8, 4) is 17.6 Å². The van der Waals surface area contributed by atoms with Crippen LogP contribution in [0.2, 0.25) is 0 Å². The topological polar surface area (TPSA) is 75.7 Å². The van der Waals surface area contributed by atoms with Gasteiger partial charge in [-0.05, 0) is 54.6 Å². The summed E-state index contributed by atoms with van der Waals surface area (Å²) in [4.78, 5) is 12.8. The van der Waals surface area contributed by atoms with Crippen molar-refractivity contribution in [2.24, 2.45) is 0 Å². The molecule has 0 radical (unpaired) electrons. The molecule has 0 atom stereocenters. The number of carbonyl (C=O) groups is 1. The van der Waals surface area contributed by atoms with E-state index in [4.69, 9.17) is 4.74 Å². The molecule has 158 valence electrons. The monoisotopic (exact) mass is 434 g/mol. The summed E-state index contributed by atoms with van der Waals surface area (Å²) in [6.45, 7) is 0. The Morgan fingerprint density at radius 3 is 2.10 bits per heavy atom.